The molecule has 0 radical (unpaired) electrons. The Balaban J connectivity index is 1.68. The first kappa shape index (κ1) is 21.7. The van der Waals surface area contributed by atoms with Gasteiger partial charge in [0.2, 0.25) is 0 Å². The summed E-state index contributed by atoms with van der Waals surface area (Å²) in [5, 5.41) is 36.8. The van der Waals surface area contributed by atoms with Crippen LogP contribution in [-0.4, -0.2) is 33.2 Å². The average Bonchev–Trinajstić information content (AvgIpc) is 2.71. The van der Waals surface area contributed by atoms with Gasteiger partial charge < -0.3 is 15.8 Å². The van der Waals surface area contributed by atoms with Crippen molar-refractivity contribution in [2.75, 3.05) is 23.7 Å². The summed E-state index contributed by atoms with van der Waals surface area (Å²) in [4.78, 5) is 19.2. The van der Waals surface area contributed by atoms with Crippen molar-refractivity contribution in [3.8, 4) is 11.3 Å². The van der Waals surface area contributed by atoms with Crippen molar-refractivity contribution in [2.45, 2.75) is 0 Å². The number of aromatic nitrogens is 2. The number of nitrogens with one attached hydrogen (secondary N) is 3. The fourth-order valence-electron chi connectivity index (χ4n) is 2.58. The summed E-state index contributed by atoms with van der Waals surface area (Å²) in [6.07, 6.45) is 1.26. The molecule has 0 bridgehead atoms. The Labute approximate surface area is 180 Å². The van der Waals surface area contributed by atoms with Crippen LogP contribution in [0.4, 0.5) is 23.0 Å². The minimum absolute atomic E-state index is 0.0992. The molecule has 1 aromatic carbocycles. The Morgan fingerprint density at radius 1 is 1.07 bits per heavy atom. The van der Waals surface area contributed by atoms with Gasteiger partial charge in [-0.05, 0) is 30.3 Å². The second kappa shape index (κ2) is 9.65. The highest BCUT2D eigenvalue weighted by Crippen LogP contribution is 2.35. The highest BCUT2D eigenvalue weighted by molar-refractivity contribution is 6.36. The Hall–Kier alpha value is -3.02. The molecule has 3 aromatic rings. The average molecular weight is 451 g/mol. The lowest BCUT2D eigenvalue weighted by atomic mass is 10.1. The Morgan fingerprint density at radius 3 is 2.37 bits per heavy atom. The zero-order valence-electron chi connectivity index (χ0n) is 15.3. The van der Waals surface area contributed by atoms with Crippen molar-refractivity contribution in [2.24, 2.45) is 0 Å². The molecular formula is C18H16Cl2N6O4. The van der Waals surface area contributed by atoms with Crippen LogP contribution < -0.4 is 15.9 Å². The number of anilines is 2. The van der Waals surface area contributed by atoms with Gasteiger partial charge in [-0.25, -0.2) is 15.2 Å². The lowest BCUT2D eigenvalue weighted by Crippen LogP contribution is -2.99. The van der Waals surface area contributed by atoms with Crippen LogP contribution in [-0.2, 0) is 0 Å². The Bertz CT molecular complexity index is 1050. The molecule has 10 nitrogen and oxygen atoms in total. The van der Waals surface area contributed by atoms with E-state index in [1.54, 1.807) is 18.2 Å². The molecule has 0 fully saturated rings. The molecule has 2 heterocycles. The number of rotatable bonds is 8. The van der Waals surface area contributed by atoms with Crippen LogP contribution in [0.15, 0.2) is 48.7 Å². The van der Waals surface area contributed by atoms with E-state index in [1.807, 2.05) is 0 Å². The van der Waals surface area contributed by atoms with Crippen LogP contribution in [0.5, 0.6) is 0 Å². The number of hydrogen-bond acceptors (Lipinski definition) is 8. The van der Waals surface area contributed by atoms with Gasteiger partial charge in [0.25, 0.3) is 5.69 Å². The maximum atomic E-state index is 11.4. The monoisotopic (exact) mass is 450 g/mol. The molecule has 0 amide bonds. The highest BCUT2D eigenvalue weighted by Gasteiger charge is 2.20. The van der Waals surface area contributed by atoms with Crippen molar-refractivity contribution in [3.05, 3.63) is 74.0 Å². The first-order valence-corrected chi connectivity index (χ1v) is 9.38. The first-order valence-electron chi connectivity index (χ1n) is 8.63. The molecule has 3 rings (SSSR count). The van der Waals surface area contributed by atoms with Crippen molar-refractivity contribution in [1.82, 2.24) is 9.97 Å². The van der Waals surface area contributed by atoms with Crippen molar-refractivity contribution in [3.63, 3.8) is 0 Å². The van der Waals surface area contributed by atoms with Crippen LogP contribution in [0.2, 0.25) is 10.0 Å². The number of quaternary nitrogens is 1. The van der Waals surface area contributed by atoms with E-state index in [1.165, 1.54) is 30.5 Å². The molecule has 30 heavy (non-hydrogen) atoms. The summed E-state index contributed by atoms with van der Waals surface area (Å²) in [7, 11) is 0. The van der Waals surface area contributed by atoms with E-state index in [0.717, 1.165) is 0 Å². The molecule has 0 spiro atoms. The SMILES string of the molecule is O=[N+]([O-])c1ccc(NCCNc2ccc([NH+]([O-])O)cn2)nc1-c1ccc(Cl)cc1Cl. The molecule has 4 N–H and O–H groups in total. The number of nitrogens with zero attached hydrogens (tertiary/aromatic N) is 3. The van der Waals surface area contributed by atoms with Gasteiger partial charge in [0, 0.05) is 35.8 Å². The van der Waals surface area contributed by atoms with E-state index in [0.29, 0.717) is 35.3 Å². The van der Waals surface area contributed by atoms with Gasteiger partial charge >= 0.3 is 0 Å². The molecule has 0 saturated heterocycles. The zero-order valence-corrected chi connectivity index (χ0v) is 16.8. The lowest BCUT2D eigenvalue weighted by Gasteiger charge is -2.12. The van der Waals surface area contributed by atoms with Gasteiger partial charge in [-0.1, -0.05) is 23.2 Å². The Morgan fingerprint density at radius 2 is 1.77 bits per heavy atom. The van der Waals surface area contributed by atoms with Gasteiger partial charge in [-0.15, -0.1) is 0 Å². The summed E-state index contributed by atoms with van der Waals surface area (Å²) in [5.74, 6) is 0.949. The normalized spacial score (nSPS) is 11.7. The molecule has 1 unspecified atom stereocenters. The van der Waals surface area contributed by atoms with Gasteiger partial charge in [0.1, 0.15) is 11.6 Å². The third-order valence-corrected chi connectivity index (χ3v) is 4.55. The van der Waals surface area contributed by atoms with E-state index in [9.17, 15) is 15.3 Å². The van der Waals surface area contributed by atoms with Gasteiger partial charge in [0.05, 0.1) is 16.1 Å². The quantitative estimate of drug-likeness (QED) is 0.232. The number of pyridine rings is 2. The summed E-state index contributed by atoms with van der Waals surface area (Å²) in [6.45, 7) is 0.885. The molecule has 0 saturated carbocycles. The fraction of sp³-hybridized carbons (Fsp3) is 0.111. The van der Waals surface area contributed by atoms with E-state index in [-0.39, 0.29) is 22.1 Å². The van der Waals surface area contributed by atoms with Crippen molar-refractivity contribution in [1.29, 1.82) is 0 Å². The summed E-state index contributed by atoms with van der Waals surface area (Å²) < 4.78 is 0. The standard InChI is InChI=1S/C18H16Cl2N6O4/c19-11-1-3-13(14(20)9-11)18-15(26(29)30)4-6-17(24-18)22-8-7-21-16-5-2-12(10-23-16)25(27)28/h1-6,9-10,25,27H,7-8H2,(H,21,23)(H,22,24). The molecule has 0 aliphatic heterocycles. The summed E-state index contributed by atoms with van der Waals surface area (Å²) in [6, 6.07) is 10.5. The third kappa shape index (κ3) is 5.32. The minimum atomic E-state index is -1.04. The highest BCUT2D eigenvalue weighted by atomic mass is 35.5. The molecule has 1 atom stereocenters. The van der Waals surface area contributed by atoms with E-state index < -0.39 is 10.1 Å². The Kier molecular flexibility index (Phi) is 6.98. The molecule has 156 valence electrons. The number of nitro groups is 1. The van der Waals surface area contributed by atoms with Crippen molar-refractivity contribution >= 4 is 46.2 Å². The zero-order chi connectivity index (χ0) is 21.7. The molecule has 0 aliphatic rings. The van der Waals surface area contributed by atoms with E-state index in [4.69, 9.17) is 28.4 Å². The number of benzene rings is 1. The maximum Gasteiger partial charge on any atom is 0.295 e. The lowest BCUT2D eigenvalue weighted by molar-refractivity contribution is -0.991. The molecular weight excluding hydrogens is 435 g/mol. The number of hydrogen-bond donors (Lipinski definition) is 4. The topological polar surface area (TPSA) is 141 Å². The minimum Gasteiger partial charge on any atom is -0.595 e. The van der Waals surface area contributed by atoms with Crippen LogP contribution >= 0.6 is 23.2 Å². The second-order valence-electron chi connectivity index (χ2n) is 6.04. The maximum absolute atomic E-state index is 11.4. The molecule has 12 heteroatoms. The largest absolute Gasteiger partial charge is 0.595 e. The summed E-state index contributed by atoms with van der Waals surface area (Å²) >= 11 is 12.1. The van der Waals surface area contributed by atoms with Crippen LogP contribution in [0, 0.1) is 15.3 Å². The third-order valence-electron chi connectivity index (χ3n) is 4.00. The predicted molar refractivity (Wildman–Crippen MR) is 113 cm³/mol. The van der Waals surface area contributed by atoms with Gasteiger partial charge in [0.15, 0.2) is 11.4 Å². The van der Waals surface area contributed by atoms with E-state index >= 15 is 0 Å². The second-order valence-corrected chi connectivity index (χ2v) is 6.88. The van der Waals surface area contributed by atoms with Gasteiger partial charge in [-0.2, -0.15) is 5.23 Å². The van der Waals surface area contributed by atoms with Gasteiger partial charge in [-0.3, -0.25) is 10.1 Å². The summed E-state index contributed by atoms with van der Waals surface area (Å²) in [5.41, 5.74) is 0.454. The predicted octanol–water partition coefficient (Wildman–Crippen LogP) is 3.29. The van der Waals surface area contributed by atoms with Crippen molar-refractivity contribution < 1.29 is 15.4 Å². The smallest absolute Gasteiger partial charge is 0.295 e. The fourth-order valence-corrected chi connectivity index (χ4v) is 3.08. The molecule has 0 aliphatic carbocycles. The van der Waals surface area contributed by atoms with Crippen LogP contribution in [0.25, 0.3) is 11.3 Å². The van der Waals surface area contributed by atoms with Crippen LogP contribution in [0.1, 0.15) is 0 Å². The van der Waals surface area contributed by atoms with E-state index in [2.05, 4.69) is 20.6 Å². The first-order chi connectivity index (χ1) is 14.3. The number of halogens is 2. The molecule has 2 aromatic heterocycles. The van der Waals surface area contributed by atoms with Crippen LogP contribution in [0.3, 0.4) is 0 Å².